The molecule has 2 saturated carbocycles. The van der Waals surface area contributed by atoms with Crippen LogP contribution in [0.1, 0.15) is 67.2 Å². The van der Waals surface area contributed by atoms with E-state index in [1.165, 1.54) is 0 Å². The SMILES string of the molecule is Cc1cc(COC2(c3cnccc3-c3ccccc3OC3CC3)CC2)c(Cl)cc1CCCCC(=O)NC[C@H](O)[C@@H](O)[C@H](O)[C@H](O)CO. The third-order valence-electron chi connectivity index (χ3n) is 8.95. The molecule has 2 fully saturated rings. The van der Waals surface area contributed by atoms with Crippen molar-refractivity contribution in [3.63, 3.8) is 0 Å². The summed E-state index contributed by atoms with van der Waals surface area (Å²) in [4.78, 5) is 16.7. The van der Waals surface area contributed by atoms with Crippen molar-refractivity contribution in [3.8, 4) is 16.9 Å². The normalized spacial score (nSPS) is 17.9. The highest BCUT2D eigenvalue weighted by molar-refractivity contribution is 6.31. The Morgan fingerprint density at radius 2 is 1.77 bits per heavy atom. The Bertz CT molecular complexity index is 1510. The minimum Gasteiger partial charge on any atom is -0.490 e. The van der Waals surface area contributed by atoms with Gasteiger partial charge < -0.3 is 40.3 Å². The number of nitrogens with one attached hydrogen (secondary N) is 1. The molecule has 0 unspecified atom stereocenters. The van der Waals surface area contributed by atoms with Gasteiger partial charge in [0, 0.05) is 41.5 Å². The molecule has 6 N–H and O–H groups in total. The Balaban J connectivity index is 1.12. The number of halogens is 1. The lowest BCUT2D eigenvalue weighted by Gasteiger charge is -2.25. The smallest absolute Gasteiger partial charge is 0.220 e. The van der Waals surface area contributed by atoms with E-state index in [1.54, 1.807) is 0 Å². The highest BCUT2D eigenvalue weighted by Gasteiger charge is 2.48. The van der Waals surface area contributed by atoms with Gasteiger partial charge in [-0.05, 0) is 92.3 Å². The van der Waals surface area contributed by atoms with Crippen LogP contribution in [-0.2, 0) is 28.2 Å². The van der Waals surface area contributed by atoms with Crippen LogP contribution in [0.5, 0.6) is 5.75 Å². The molecule has 254 valence electrons. The number of para-hydroxylation sites is 1. The Hall–Kier alpha value is -3.09. The lowest BCUT2D eigenvalue weighted by molar-refractivity contribution is -0.126. The molecular formula is C36H45ClN2O8. The number of rotatable bonds is 18. The first-order chi connectivity index (χ1) is 22.6. The van der Waals surface area contributed by atoms with Gasteiger partial charge in [-0.3, -0.25) is 9.78 Å². The molecule has 0 saturated heterocycles. The van der Waals surface area contributed by atoms with E-state index in [1.807, 2.05) is 49.6 Å². The van der Waals surface area contributed by atoms with Crippen molar-refractivity contribution in [2.45, 2.75) is 101 Å². The lowest BCUT2D eigenvalue weighted by Crippen LogP contribution is -2.49. The molecule has 11 heteroatoms. The molecule has 0 radical (unpaired) electrons. The summed E-state index contributed by atoms with van der Waals surface area (Å²) in [6.45, 7) is 1.35. The molecular weight excluding hydrogens is 624 g/mol. The van der Waals surface area contributed by atoms with E-state index >= 15 is 0 Å². The zero-order valence-electron chi connectivity index (χ0n) is 26.6. The third-order valence-corrected chi connectivity index (χ3v) is 9.31. The maximum atomic E-state index is 12.2. The highest BCUT2D eigenvalue weighted by Crippen LogP contribution is 2.53. The van der Waals surface area contributed by atoms with Gasteiger partial charge in [0.1, 0.15) is 24.1 Å². The predicted molar refractivity (Wildman–Crippen MR) is 177 cm³/mol. The van der Waals surface area contributed by atoms with Gasteiger partial charge in [-0.1, -0.05) is 35.9 Å². The van der Waals surface area contributed by atoms with Crippen molar-refractivity contribution in [3.05, 3.63) is 82.1 Å². The molecule has 2 aliphatic carbocycles. The maximum Gasteiger partial charge on any atom is 0.220 e. The molecule has 1 aromatic heterocycles. The quantitative estimate of drug-likeness (QED) is 0.111. The Labute approximate surface area is 280 Å². The number of carbonyl (C=O) groups excluding carboxylic acids is 1. The summed E-state index contributed by atoms with van der Waals surface area (Å²) in [5.74, 6) is 0.583. The number of carbonyl (C=O) groups is 1. The lowest BCUT2D eigenvalue weighted by atomic mass is 9.96. The number of amides is 1. The molecule has 5 rings (SSSR count). The molecule has 0 spiro atoms. The monoisotopic (exact) mass is 668 g/mol. The first-order valence-electron chi connectivity index (χ1n) is 16.3. The number of unbranched alkanes of at least 4 members (excludes halogenated alkanes) is 1. The highest BCUT2D eigenvalue weighted by atomic mass is 35.5. The van der Waals surface area contributed by atoms with Crippen LogP contribution in [0.4, 0.5) is 0 Å². The molecule has 0 aliphatic heterocycles. The summed E-state index contributed by atoms with van der Waals surface area (Å²) < 4.78 is 12.8. The zero-order chi connectivity index (χ0) is 33.6. The van der Waals surface area contributed by atoms with E-state index in [-0.39, 0.29) is 18.9 Å². The first-order valence-corrected chi connectivity index (χ1v) is 16.7. The number of pyridine rings is 1. The number of aromatic nitrogens is 1. The number of ether oxygens (including phenoxy) is 2. The fourth-order valence-electron chi connectivity index (χ4n) is 5.72. The average molecular weight is 669 g/mol. The van der Waals surface area contributed by atoms with E-state index < -0.39 is 36.6 Å². The molecule has 2 aliphatic rings. The largest absolute Gasteiger partial charge is 0.490 e. The Morgan fingerprint density at radius 1 is 1.02 bits per heavy atom. The second-order valence-corrected chi connectivity index (χ2v) is 13.1. The Kier molecular flexibility index (Phi) is 11.9. The van der Waals surface area contributed by atoms with Gasteiger partial charge in [-0.2, -0.15) is 0 Å². The number of hydrogen-bond acceptors (Lipinski definition) is 9. The van der Waals surface area contributed by atoms with Gasteiger partial charge >= 0.3 is 0 Å². The van der Waals surface area contributed by atoms with Crippen molar-refractivity contribution in [1.29, 1.82) is 0 Å². The van der Waals surface area contributed by atoms with Crippen LogP contribution in [0.2, 0.25) is 5.02 Å². The van der Waals surface area contributed by atoms with Gasteiger partial charge in [0.25, 0.3) is 0 Å². The van der Waals surface area contributed by atoms with E-state index in [4.69, 9.17) is 26.2 Å². The number of aliphatic hydroxyl groups is 5. The number of nitrogens with zero attached hydrogens (tertiary/aromatic N) is 1. The number of aliphatic hydroxyl groups excluding tert-OH is 5. The van der Waals surface area contributed by atoms with Crippen LogP contribution in [-0.4, -0.2) is 80.1 Å². The first kappa shape index (κ1) is 35.2. The van der Waals surface area contributed by atoms with Crippen LogP contribution in [0.25, 0.3) is 11.1 Å². The fraction of sp³-hybridized carbons (Fsp3) is 0.500. The van der Waals surface area contributed by atoms with E-state index in [0.717, 1.165) is 77.7 Å². The minimum atomic E-state index is -1.73. The summed E-state index contributed by atoms with van der Waals surface area (Å²) in [6.07, 6.45) is 3.76. The molecule has 0 bridgehead atoms. The fourth-order valence-corrected chi connectivity index (χ4v) is 5.97. The molecule has 4 atom stereocenters. The number of benzene rings is 2. The van der Waals surface area contributed by atoms with Crippen molar-refractivity contribution < 1.29 is 39.8 Å². The summed E-state index contributed by atoms with van der Waals surface area (Å²) in [5.41, 5.74) is 5.86. The number of aryl methyl sites for hydroxylation is 2. The second-order valence-electron chi connectivity index (χ2n) is 12.7. The second kappa shape index (κ2) is 15.9. The minimum absolute atomic E-state index is 0.221. The summed E-state index contributed by atoms with van der Waals surface area (Å²) >= 11 is 6.75. The molecule has 1 heterocycles. The maximum absolute atomic E-state index is 12.2. The average Bonchev–Trinajstić information content (AvgIpc) is 4.03. The van der Waals surface area contributed by atoms with Crippen LogP contribution in [0.3, 0.4) is 0 Å². The van der Waals surface area contributed by atoms with Crippen molar-refractivity contribution >= 4 is 17.5 Å². The van der Waals surface area contributed by atoms with Gasteiger partial charge in [-0.15, -0.1) is 0 Å². The molecule has 1 amide bonds. The van der Waals surface area contributed by atoms with Crippen LogP contribution in [0.15, 0.2) is 54.9 Å². The predicted octanol–water partition coefficient (Wildman–Crippen LogP) is 3.72. The van der Waals surface area contributed by atoms with Gasteiger partial charge in [0.15, 0.2) is 0 Å². The van der Waals surface area contributed by atoms with Crippen LogP contribution >= 0.6 is 11.6 Å². The summed E-state index contributed by atoms with van der Waals surface area (Å²) in [6, 6.07) is 14.2. The van der Waals surface area contributed by atoms with Gasteiger partial charge in [0.05, 0.1) is 31.0 Å². The standard InChI is InChI=1S/C36H45ClN2O8/c1-22-16-24(29(37)17-23(22)6-2-5-9-33(43)39-19-30(41)34(44)35(45)31(42)20-40)21-46-36(13-14-36)28-18-38-15-12-26(28)27-7-3-4-8-32(27)47-25-10-11-25/h3-4,7-8,12,15-18,25,30-31,34-35,40-42,44-45H,2,5-6,9-11,13-14,19-21H2,1H3,(H,39,43)/t30-,31+,34+,35+/m0/s1. The third kappa shape index (κ3) is 9.08. The van der Waals surface area contributed by atoms with Crippen molar-refractivity contribution in [2.75, 3.05) is 13.2 Å². The van der Waals surface area contributed by atoms with E-state index in [2.05, 4.69) is 22.4 Å². The van der Waals surface area contributed by atoms with Crippen LogP contribution in [0, 0.1) is 6.92 Å². The zero-order valence-corrected chi connectivity index (χ0v) is 27.4. The Morgan fingerprint density at radius 3 is 2.49 bits per heavy atom. The molecule has 2 aromatic carbocycles. The van der Waals surface area contributed by atoms with Crippen LogP contribution < -0.4 is 10.1 Å². The molecule has 3 aromatic rings. The molecule has 10 nitrogen and oxygen atoms in total. The summed E-state index contributed by atoms with van der Waals surface area (Å²) in [5, 5.41) is 51.0. The summed E-state index contributed by atoms with van der Waals surface area (Å²) in [7, 11) is 0. The molecule has 47 heavy (non-hydrogen) atoms. The van der Waals surface area contributed by atoms with Crippen molar-refractivity contribution in [1.82, 2.24) is 10.3 Å². The van der Waals surface area contributed by atoms with E-state index in [9.17, 15) is 25.2 Å². The number of hydrogen-bond donors (Lipinski definition) is 6. The van der Waals surface area contributed by atoms with Gasteiger partial charge in [-0.25, -0.2) is 0 Å². The van der Waals surface area contributed by atoms with Gasteiger partial charge in [0.2, 0.25) is 5.91 Å². The van der Waals surface area contributed by atoms with E-state index in [0.29, 0.717) is 24.2 Å². The van der Waals surface area contributed by atoms with Crippen molar-refractivity contribution in [2.24, 2.45) is 0 Å². The topological polar surface area (TPSA) is 162 Å².